The van der Waals surface area contributed by atoms with Crippen molar-refractivity contribution in [1.29, 1.82) is 0 Å². The van der Waals surface area contributed by atoms with Gasteiger partial charge in [-0.25, -0.2) is 13.1 Å². The molecule has 0 radical (unpaired) electrons. The van der Waals surface area contributed by atoms with Crippen LogP contribution in [0.2, 0.25) is 0 Å². The molecule has 0 bridgehead atoms. The van der Waals surface area contributed by atoms with Gasteiger partial charge in [0.2, 0.25) is 15.9 Å². The number of benzene rings is 3. The average Bonchev–Trinajstić information content (AvgIpc) is 2.90. The van der Waals surface area contributed by atoms with E-state index in [0.717, 1.165) is 40.7 Å². The van der Waals surface area contributed by atoms with Gasteiger partial charge in [0.1, 0.15) is 0 Å². The highest BCUT2D eigenvalue weighted by Crippen LogP contribution is 2.30. The molecular weight excluding hydrogens is 524 g/mol. The zero-order valence-corrected chi connectivity index (χ0v) is 24.4. The summed E-state index contributed by atoms with van der Waals surface area (Å²) < 4.78 is 25.8. The Bertz CT molecular complexity index is 1470. The summed E-state index contributed by atoms with van der Waals surface area (Å²) >= 11 is 0. The number of carbonyl (C=O) groups is 2. The van der Waals surface area contributed by atoms with Crippen molar-refractivity contribution in [2.75, 3.05) is 43.2 Å². The summed E-state index contributed by atoms with van der Waals surface area (Å²) in [5.41, 5.74) is 6.12. The number of amides is 2. The van der Waals surface area contributed by atoms with Gasteiger partial charge in [-0.15, -0.1) is 0 Å². The van der Waals surface area contributed by atoms with Crippen LogP contribution in [0.25, 0.3) is 11.1 Å². The summed E-state index contributed by atoms with van der Waals surface area (Å²) in [5.74, 6) is 0.202. The van der Waals surface area contributed by atoms with Gasteiger partial charge in [0.05, 0.1) is 6.26 Å². The Morgan fingerprint density at radius 2 is 1.77 bits per heavy atom. The Balaban J connectivity index is 1.61. The molecule has 3 aromatic rings. The number of nitrogens with one attached hydrogen (secondary N) is 2. The topological polar surface area (TPSA) is 98.8 Å². The van der Waals surface area contributed by atoms with E-state index in [9.17, 15) is 18.0 Å². The van der Waals surface area contributed by atoms with E-state index in [0.29, 0.717) is 49.6 Å². The first-order valence-corrected chi connectivity index (χ1v) is 15.5. The molecule has 0 aromatic heterocycles. The van der Waals surface area contributed by atoms with Gasteiger partial charge in [0, 0.05) is 56.6 Å². The number of fused-ring (bicyclic) bond motifs is 1. The molecule has 0 fully saturated rings. The van der Waals surface area contributed by atoms with Crippen LogP contribution in [0.15, 0.2) is 66.7 Å². The van der Waals surface area contributed by atoms with E-state index in [2.05, 4.69) is 28.8 Å². The Hall–Kier alpha value is -3.53. The van der Waals surface area contributed by atoms with Crippen LogP contribution in [0.3, 0.4) is 0 Å². The molecule has 0 aliphatic carbocycles. The molecule has 1 aliphatic heterocycles. The molecule has 3 aromatic carbocycles. The van der Waals surface area contributed by atoms with E-state index < -0.39 is 10.0 Å². The number of hydrogen-bond donors (Lipinski definition) is 2. The molecule has 212 valence electrons. The summed E-state index contributed by atoms with van der Waals surface area (Å²) in [5, 5.41) is 3.00. The summed E-state index contributed by atoms with van der Waals surface area (Å²) in [4.78, 5) is 29.4. The van der Waals surface area contributed by atoms with E-state index in [-0.39, 0.29) is 11.8 Å². The third-order valence-corrected chi connectivity index (χ3v) is 7.68. The van der Waals surface area contributed by atoms with E-state index >= 15 is 0 Å². The van der Waals surface area contributed by atoms with Gasteiger partial charge in [-0.1, -0.05) is 56.3 Å². The predicted octanol–water partition coefficient (Wildman–Crippen LogP) is 4.52. The Morgan fingerprint density at radius 1 is 1.02 bits per heavy atom. The maximum atomic E-state index is 13.4. The van der Waals surface area contributed by atoms with Crippen LogP contribution >= 0.6 is 0 Å². The number of carbonyl (C=O) groups excluding carboxylic acids is 2. The fourth-order valence-electron chi connectivity index (χ4n) is 5.06. The van der Waals surface area contributed by atoms with Gasteiger partial charge in [0.25, 0.3) is 5.91 Å². The van der Waals surface area contributed by atoms with Crippen LogP contribution in [0.5, 0.6) is 0 Å². The lowest BCUT2D eigenvalue weighted by molar-refractivity contribution is -0.118. The highest BCUT2D eigenvalue weighted by atomic mass is 32.2. The second-order valence-electron chi connectivity index (χ2n) is 10.8. The monoisotopic (exact) mass is 562 g/mol. The Morgan fingerprint density at radius 3 is 2.48 bits per heavy atom. The first kappa shape index (κ1) is 29.5. The number of sulfonamides is 1. The number of hydrogen-bond acceptors (Lipinski definition) is 5. The normalized spacial score (nSPS) is 13.6. The lowest BCUT2D eigenvalue weighted by atomic mass is 9.96. The van der Waals surface area contributed by atoms with Gasteiger partial charge in [-0.3, -0.25) is 14.5 Å². The minimum absolute atomic E-state index is 0.0646. The van der Waals surface area contributed by atoms with Gasteiger partial charge in [-0.2, -0.15) is 0 Å². The maximum absolute atomic E-state index is 13.4. The molecule has 4 rings (SSSR count). The van der Waals surface area contributed by atoms with Crippen LogP contribution < -0.4 is 14.9 Å². The summed E-state index contributed by atoms with van der Waals surface area (Å²) in [6.07, 6.45) is 2.35. The lowest BCUT2D eigenvalue weighted by Crippen LogP contribution is -2.36. The maximum Gasteiger partial charge on any atom is 0.255 e. The number of anilines is 2. The van der Waals surface area contributed by atoms with Gasteiger partial charge in [0.15, 0.2) is 0 Å². The molecule has 9 heteroatoms. The molecule has 0 atom stereocenters. The van der Waals surface area contributed by atoms with Crippen LogP contribution in [0, 0.1) is 5.92 Å². The fourth-order valence-corrected chi connectivity index (χ4v) is 5.52. The van der Waals surface area contributed by atoms with E-state index in [1.54, 1.807) is 11.9 Å². The van der Waals surface area contributed by atoms with Crippen molar-refractivity contribution < 1.29 is 18.0 Å². The van der Waals surface area contributed by atoms with Gasteiger partial charge < -0.3 is 10.2 Å². The van der Waals surface area contributed by atoms with Crippen LogP contribution in [-0.2, 0) is 27.8 Å². The molecule has 1 heterocycles. The predicted molar refractivity (Wildman–Crippen MR) is 161 cm³/mol. The van der Waals surface area contributed by atoms with E-state index in [1.165, 1.54) is 0 Å². The number of nitrogens with zero attached hydrogens (tertiary/aromatic N) is 2. The van der Waals surface area contributed by atoms with Gasteiger partial charge in [-0.05, 0) is 58.9 Å². The van der Waals surface area contributed by atoms with Crippen molar-refractivity contribution in [3.05, 3.63) is 83.4 Å². The quantitative estimate of drug-likeness (QED) is 0.358. The Labute approximate surface area is 237 Å². The van der Waals surface area contributed by atoms with Crippen LogP contribution in [0.1, 0.15) is 41.8 Å². The average molecular weight is 563 g/mol. The van der Waals surface area contributed by atoms with Crippen molar-refractivity contribution in [1.82, 2.24) is 9.62 Å². The lowest BCUT2D eigenvalue weighted by Gasteiger charge is -2.26. The number of rotatable bonds is 11. The molecule has 0 unspecified atom stereocenters. The van der Waals surface area contributed by atoms with Crippen LogP contribution in [-0.4, -0.2) is 58.1 Å². The molecule has 8 nitrogen and oxygen atoms in total. The molecule has 2 amide bonds. The first-order chi connectivity index (χ1) is 19.0. The largest absolute Gasteiger partial charge is 0.322 e. The summed E-state index contributed by atoms with van der Waals surface area (Å²) in [6.45, 7) is 6.43. The molecule has 40 heavy (non-hydrogen) atoms. The molecule has 2 N–H and O–H groups in total. The second-order valence-corrected chi connectivity index (χ2v) is 12.6. The zero-order chi connectivity index (χ0) is 28.9. The Kier molecular flexibility index (Phi) is 9.40. The van der Waals surface area contributed by atoms with E-state index in [1.807, 2.05) is 66.7 Å². The van der Waals surface area contributed by atoms with Crippen molar-refractivity contribution in [2.24, 2.45) is 5.92 Å². The van der Waals surface area contributed by atoms with Crippen molar-refractivity contribution in [3.63, 3.8) is 0 Å². The van der Waals surface area contributed by atoms with Crippen molar-refractivity contribution in [3.8, 4) is 11.1 Å². The highest BCUT2D eigenvalue weighted by Gasteiger charge is 2.22. The minimum Gasteiger partial charge on any atom is -0.322 e. The molecule has 0 spiro atoms. The van der Waals surface area contributed by atoms with Crippen LogP contribution in [0.4, 0.5) is 11.4 Å². The molecule has 0 saturated carbocycles. The molecule has 0 saturated heterocycles. The minimum atomic E-state index is -3.28. The number of aryl methyl sites for hydroxylation is 1. The van der Waals surface area contributed by atoms with Crippen molar-refractivity contribution >= 4 is 33.2 Å². The molecular formula is C31H38N4O4S. The fraction of sp³-hybridized carbons (Fsp3) is 0.355. The highest BCUT2D eigenvalue weighted by molar-refractivity contribution is 7.88. The SMILES string of the molecule is CC(C)CN(CCNS(C)(=O)=O)Cc1cc(C(=O)Nc2ccc3c(c2)N(C)C(=O)CC3)ccc1-c1ccccc1. The third-order valence-electron chi connectivity index (χ3n) is 6.95. The van der Waals surface area contributed by atoms with E-state index in [4.69, 9.17) is 0 Å². The van der Waals surface area contributed by atoms with Gasteiger partial charge >= 0.3 is 0 Å². The summed E-state index contributed by atoms with van der Waals surface area (Å²) in [7, 11) is -1.52. The summed E-state index contributed by atoms with van der Waals surface area (Å²) in [6, 6.07) is 21.4. The molecule has 1 aliphatic rings. The smallest absolute Gasteiger partial charge is 0.255 e. The zero-order valence-electron chi connectivity index (χ0n) is 23.6. The first-order valence-electron chi connectivity index (χ1n) is 13.6. The van der Waals surface area contributed by atoms with Crippen molar-refractivity contribution in [2.45, 2.75) is 33.2 Å². The second kappa shape index (κ2) is 12.8. The third kappa shape index (κ3) is 7.78. The standard InChI is InChI=1S/C31H38N4O4S/c1-22(2)20-35(17-16-32-40(4,38)39)21-26-18-25(11-14-28(26)23-8-6-5-7-9-23)31(37)33-27-13-10-24-12-15-30(36)34(3)29(24)19-27/h5-11,13-14,18-19,22,32H,12,15-17,20-21H2,1-4H3,(H,33,37).